The number of halogens is 4. The molecule has 0 aliphatic rings. The minimum atomic E-state index is -6.00. The summed E-state index contributed by atoms with van der Waals surface area (Å²) < 4.78 is 41.3. The Kier molecular flexibility index (Phi) is 10.6. The van der Waals surface area contributed by atoms with E-state index in [0.29, 0.717) is 0 Å². The molecule has 2 aromatic rings. The molecule has 0 atom stereocenters. The zero-order valence-electron chi connectivity index (χ0n) is 15.5. The van der Waals surface area contributed by atoms with E-state index in [-0.39, 0.29) is 0 Å². The molecule has 0 aliphatic heterocycles. The maximum Gasteiger partial charge on any atom is 0.673 e. The molecule has 0 amide bonds. The Morgan fingerprint density at radius 3 is 2.00 bits per heavy atom. The maximum atomic E-state index is 9.75. The highest BCUT2D eigenvalue weighted by atomic mass is 32.2. The predicted octanol–water partition coefficient (Wildman–Crippen LogP) is 7.14. The van der Waals surface area contributed by atoms with Gasteiger partial charge in [-0.3, -0.25) is 0 Å². The zero-order valence-corrected chi connectivity index (χ0v) is 16.3. The van der Waals surface area contributed by atoms with Gasteiger partial charge in [-0.15, -0.1) is 0 Å². The Labute approximate surface area is 162 Å². The summed E-state index contributed by atoms with van der Waals surface area (Å²) in [5.41, 5.74) is 2.45. The summed E-state index contributed by atoms with van der Waals surface area (Å²) in [4.78, 5) is 0. The standard InChI is InChI=1S/C20H24NS.BF4/c1-3-4-5-12-17-22-20(18-13-8-6-9-14-18)21(2)19-15-10-7-11-16-19;2-1(3,4)5/h6-17H,3-5H2,1-2H3;/q+1;-1/b17-12-,21-20?;. The first-order valence-electron chi connectivity index (χ1n) is 8.73. The molecule has 0 N–H and O–H groups in total. The van der Waals surface area contributed by atoms with Crippen LogP contribution in [0.4, 0.5) is 23.0 Å². The number of rotatable bonds is 6. The molecular formula is C20H24BF4NS. The molecule has 0 fully saturated rings. The van der Waals surface area contributed by atoms with Crippen molar-refractivity contribution >= 4 is 29.7 Å². The minimum absolute atomic E-state index is 1.15. The number of hydrogen-bond donors (Lipinski definition) is 0. The molecule has 0 aromatic heterocycles. The molecule has 2 aromatic carbocycles. The molecule has 0 heterocycles. The molecule has 0 aliphatic carbocycles. The number of allylic oxidation sites excluding steroid dienone is 1. The molecular weight excluding hydrogens is 373 g/mol. The summed E-state index contributed by atoms with van der Waals surface area (Å²) in [5, 5.41) is 3.47. The number of para-hydroxylation sites is 1. The lowest BCUT2D eigenvalue weighted by atomic mass is 10.2. The van der Waals surface area contributed by atoms with Gasteiger partial charge in [-0.05, 0) is 35.7 Å². The van der Waals surface area contributed by atoms with Crippen molar-refractivity contribution in [2.75, 3.05) is 7.05 Å². The molecule has 0 spiro atoms. The van der Waals surface area contributed by atoms with Gasteiger partial charge >= 0.3 is 7.25 Å². The molecule has 1 nitrogen and oxygen atoms in total. The number of thioether (sulfide) groups is 1. The first-order valence-corrected chi connectivity index (χ1v) is 9.61. The van der Waals surface area contributed by atoms with Crippen molar-refractivity contribution in [1.29, 1.82) is 0 Å². The number of hydrogen-bond acceptors (Lipinski definition) is 1. The van der Waals surface area contributed by atoms with Crippen LogP contribution >= 0.6 is 11.8 Å². The van der Waals surface area contributed by atoms with Crippen molar-refractivity contribution in [3.63, 3.8) is 0 Å². The van der Waals surface area contributed by atoms with E-state index in [1.165, 1.54) is 29.1 Å². The third-order valence-electron chi connectivity index (χ3n) is 3.47. The van der Waals surface area contributed by atoms with Crippen LogP contribution in [0.5, 0.6) is 0 Å². The Bertz CT molecular complexity index is 710. The zero-order chi connectivity index (χ0) is 20.1. The summed E-state index contributed by atoms with van der Waals surface area (Å²) in [6, 6.07) is 21.1. The van der Waals surface area contributed by atoms with E-state index in [4.69, 9.17) is 0 Å². The van der Waals surface area contributed by atoms with Gasteiger partial charge in [0.05, 0.1) is 5.56 Å². The first-order chi connectivity index (χ1) is 12.8. The molecule has 0 bridgehead atoms. The maximum absolute atomic E-state index is 9.75. The van der Waals surface area contributed by atoms with Crippen LogP contribution in [0.1, 0.15) is 31.7 Å². The van der Waals surface area contributed by atoms with E-state index in [9.17, 15) is 17.3 Å². The minimum Gasteiger partial charge on any atom is -0.418 e. The van der Waals surface area contributed by atoms with Crippen LogP contribution in [0.3, 0.4) is 0 Å². The average Bonchev–Trinajstić information content (AvgIpc) is 2.64. The second-order valence-electron chi connectivity index (χ2n) is 5.69. The summed E-state index contributed by atoms with van der Waals surface area (Å²) in [7, 11) is -3.87. The highest BCUT2D eigenvalue weighted by molar-refractivity contribution is 8.16. The highest BCUT2D eigenvalue weighted by Gasteiger charge is 2.20. The third kappa shape index (κ3) is 10.7. The average molecular weight is 397 g/mol. The fraction of sp³-hybridized carbons (Fsp3) is 0.250. The van der Waals surface area contributed by atoms with Crippen LogP contribution in [0.15, 0.2) is 72.1 Å². The van der Waals surface area contributed by atoms with Gasteiger partial charge in [-0.2, -0.15) is 4.58 Å². The van der Waals surface area contributed by atoms with Gasteiger partial charge in [0.2, 0.25) is 5.69 Å². The molecule has 0 radical (unpaired) electrons. The molecule has 0 unspecified atom stereocenters. The Balaban J connectivity index is 0.000000646. The van der Waals surface area contributed by atoms with Crippen molar-refractivity contribution in [3.8, 4) is 0 Å². The third-order valence-corrected chi connectivity index (χ3v) is 4.53. The molecule has 27 heavy (non-hydrogen) atoms. The van der Waals surface area contributed by atoms with Gasteiger partial charge < -0.3 is 17.3 Å². The van der Waals surface area contributed by atoms with E-state index in [1.54, 1.807) is 11.8 Å². The van der Waals surface area contributed by atoms with E-state index in [1.807, 2.05) is 0 Å². The molecule has 0 saturated carbocycles. The predicted molar refractivity (Wildman–Crippen MR) is 109 cm³/mol. The van der Waals surface area contributed by atoms with E-state index < -0.39 is 7.25 Å². The van der Waals surface area contributed by atoms with Crippen molar-refractivity contribution in [2.45, 2.75) is 26.2 Å². The molecule has 7 heteroatoms. The lowest BCUT2D eigenvalue weighted by Gasteiger charge is -2.04. The Hall–Kier alpha value is -2.02. The SMILES string of the molecule is CCCC/C=C\SC(c1ccccc1)=[N+](C)c1ccccc1.F[B-](F)(F)F. The van der Waals surface area contributed by atoms with Crippen LogP contribution in [0.25, 0.3) is 0 Å². The lowest BCUT2D eigenvalue weighted by molar-refractivity contribution is -0.401. The first kappa shape index (κ1) is 23.0. The van der Waals surface area contributed by atoms with Gasteiger partial charge in [0.1, 0.15) is 7.05 Å². The normalized spacial score (nSPS) is 12.4. The fourth-order valence-corrected chi connectivity index (χ4v) is 3.09. The highest BCUT2D eigenvalue weighted by Crippen LogP contribution is 2.20. The number of unbranched alkanes of at least 4 members (excludes halogenated alkanes) is 2. The molecule has 2 rings (SSSR count). The van der Waals surface area contributed by atoms with Crippen LogP contribution in [0.2, 0.25) is 0 Å². The van der Waals surface area contributed by atoms with E-state index in [0.717, 1.165) is 6.42 Å². The largest absolute Gasteiger partial charge is 0.673 e. The Morgan fingerprint density at radius 2 is 1.48 bits per heavy atom. The van der Waals surface area contributed by atoms with Gasteiger partial charge in [0.25, 0.3) is 5.04 Å². The monoisotopic (exact) mass is 397 g/mol. The Morgan fingerprint density at radius 1 is 0.963 bits per heavy atom. The quantitative estimate of drug-likeness (QED) is 0.125. The summed E-state index contributed by atoms with van der Waals surface area (Å²) in [5.74, 6) is 0. The number of benzene rings is 2. The van der Waals surface area contributed by atoms with Crippen LogP contribution in [-0.4, -0.2) is 23.9 Å². The van der Waals surface area contributed by atoms with Gasteiger partial charge in [-0.25, -0.2) is 0 Å². The second kappa shape index (κ2) is 12.4. The lowest BCUT2D eigenvalue weighted by Crippen LogP contribution is -2.10. The van der Waals surface area contributed by atoms with Crippen LogP contribution in [0, 0.1) is 0 Å². The van der Waals surface area contributed by atoms with E-state index in [2.05, 4.69) is 90.7 Å². The van der Waals surface area contributed by atoms with Gasteiger partial charge in [-0.1, -0.05) is 62.2 Å². The number of nitrogens with zero attached hydrogens (tertiary/aromatic N) is 1. The summed E-state index contributed by atoms with van der Waals surface area (Å²) in [6.45, 7) is 2.23. The van der Waals surface area contributed by atoms with Gasteiger partial charge in [0.15, 0.2) is 0 Å². The molecule has 0 saturated heterocycles. The van der Waals surface area contributed by atoms with Crippen LogP contribution in [-0.2, 0) is 0 Å². The topological polar surface area (TPSA) is 3.01 Å². The van der Waals surface area contributed by atoms with Crippen molar-refractivity contribution < 1.29 is 21.8 Å². The van der Waals surface area contributed by atoms with Gasteiger partial charge in [0, 0.05) is 12.1 Å². The smallest absolute Gasteiger partial charge is 0.418 e. The second-order valence-corrected chi connectivity index (χ2v) is 6.59. The van der Waals surface area contributed by atoms with Crippen LogP contribution < -0.4 is 0 Å². The van der Waals surface area contributed by atoms with Crippen molar-refractivity contribution in [1.82, 2.24) is 0 Å². The summed E-state index contributed by atoms with van der Waals surface area (Å²) >= 11 is 1.79. The van der Waals surface area contributed by atoms with E-state index >= 15 is 0 Å². The fourth-order valence-electron chi connectivity index (χ4n) is 2.19. The van der Waals surface area contributed by atoms with Crippen molar-refractivity contribution in [2.24, 2.45) is 0 Å². The molecule has 146 valence electrons. The van der Waals surface area contributed by atoms with Crippen molar-refractivity contribution in [3.05, 3.63) is 77.7 Å². The summed E-state index contributed by atoms with van der Waals surface area (Å²) in [6.07, 6.45) is 5.93.